The molecule has 1 aromatic heterocycles. The van der Waals surface area contributed by atoms with Gasteiger partial charge in [-0.3, -0.25) is 0 Å². The first-order valence-electron chi connectivity index (χ1n) is 7.23. The molecule has 1 aromatic carbocycles. The highest BCUT2D eigenvalue weighted by Crippen LogP contribution is 2.27. The Bertz CT molecular complexity index is 601. The van der Waals surface area contributed by atoms with Crippen LogP contribution in [-0.4, -0.2) is 11.5 Å². The van der Waals surface area contributed by atoms with Gasteiger partial charge in [0, 0.05) is 23.3 Å². The molecule has 0 radical (unpaired) electrons. The summed E-state index contributed by atoms with van der Waals surface area (Å²) in [5, 5.41) is 4.17. The zero-order valence-corrected chi connectivity index (χ0v) is 13.4. The van der Waals surface area contributed by atoms with Gasteiger partial charge in [-0.05, 0) is 62.2 Å². The Morgan fingerprint density at radius 2 is 2.10 bits per heavy atom. The van der Waals surface area contributed by atoms with Crippen molar-refractivity contribution in [3.05, 3.63) is 52.7 Å². The van der Waals surface area contributed by atoms with Crippen LogP contribution in [0.15, 0.2) is 36.5 Å². The molecule has 112 valence electrons. The summed E-state index contributed by atoms with van der Waals surface area (Å²) in [4.78, 5) is 4.28. The first-order valence-corrected chi connectivity index (χ1v) is 7.61. The number of aryl methyl sites for hydroxylation is 1. The molecule has 1 heterocycles. The van der Waals surface area contributed by atoms with Gasteiger partial charge in [0.2, 0.25) is 5.88 Å². The first kappa shape index (κ1) is 15.8. The summed E-state index contributed by atoms with van der Waals surface area (Å²) in [6.07, 6.45) is 2.89. The average molecular weight is 305 g/mol. The summed E-state index contributed by atoms with van der Waals surface area (Å²) in [5.41, 5.74) is 2.16. The van der Waals surface area contributed by atoms with E-state index in [0.29, 0.717) is 10.9 Å². The number of hydrogen-bond acceptors (Lipinski definition) is 3. The third-order valence-corrected chi connectivity index (χ3v) is 3.55. The second-order valence-electron chi connectivity index (χ2n) is 5.12. The smallest absolute Gasteiger partial charge is 0.219 e. The van der Waals surface area contributed by atoms with Crippen molar-refractivity contribution in [1.82, 2.24) is 10.3 Å². The largest absolute Gasteiger partial charge is 0.439 e. The average Bonchev–Trinajstić information content (AvgIpc) is 2.48. The van der Waals surface area contributed by atoms with Gasteiger partial charge in [0.05, 0.1) is 0 Å². The molecule has 0 aliphatic rings. The standard InChI is InChI=1S/C17H21ClN2O/c1-4-8-19-13(3)14-7-9-20-17(11-14)21-16-6-5-15(18)10-12(16)2/h5-7,9-11,13,19H,4,8H2,1-3H3. The quantitative estimate of drug-likeness (QED) is 0.824. The molecule has 1 unspecified atom stereocenters. The van der Waals surface area contributed by atoms with Crippen LogP contribution in [0.2, 0.25) is 5.02 Å². The molecule has 4 heteroatoms. The van der Waals surface area contributed by atoms with Crippen LogP contribution in [-0.2, 0) is 0 Å². The van der Waals surface area contributed by atoms with Crippen LogP contribution in [0.1, 0.15) is 37.4 Å². The number of pyridine rings is 1. The van der Waals surface area contributed by atoms with E-state index in [1.165, 1.54) is 5.56 Å². The molecule has 21 heavy (non-hydrogen) atoms. The maximum Gasteiger partial charge on any atom is 0.219 e. The fraction of sp³-hybridized carbons (Fsp3) is 0.353. The van der Waals surface area contributed by atoms with Crippen LogP contribution in [0.4, 0.5) is 0 Å². The Labute approximate surface area is 131 Å². The molecule has 0 amide bonds. The van der Waals surface area contributed by atoms with Crippen LogP contribution >= 0.6 is 11.6 Å². The van der Waals surface area contributed by atoms with Crippen molar-refractivity contribution in [2.45, 2.75) is 33.2 Å². The first-order chi connectivity index (χ1) is 10.1. The van der Waals surface area contributed by atoms with Gasteiger partial charge in [0.1, 0.15) is 5.75 Å². The molecule has 1 N–H and O–H groups in total. The molecule has 1 atom stereocenters. The topological polar surface area (TPSA) is 34.2 Å². The third kappa shape index (κ3) is 4.45. The second kappa shape index (κ2) is 7.43. The van der Waals surface area contributed by atoms with Crippen molar-refractivity contribution in [2.24, 2.45) is 0 Å². The lowest BCUT2D eigenvalue weighted by molar-refractivity contribution is 0.456. The number of aromatic nitrogens is 1. The Hall–Kier alpha value is -1.58. The van der Waals surface area contributed by atoms with Crippen LogP contribution in [0.5, 0.6) is 11.6 Å². The number of hydrogen-bond donors (Lipinski definition) is 1. The van der Waals surface area contributed by atoms with Gasteiger partial charge in [0.25, 0.3) is 0 Å². The molecule has 0 aliphatic carbocycles. The van der Waals surface area contributed by atoms with Crippen molar-refractivity contribution in [2.75, 3.05) is 6.54 Å². The molecular formula is C17H21ClN2O. The lowest BCUT2D eigenvalue weighted by atomic mass is 10.1. The van der Waals surface area contributed by atoms with Gasteiger partial charge in [-0.1, -0.05) is 18.5 Å². The fourth-order valence-electron chi connectivity index (χ4n) is 2.07. The monoisotopic (exact) mass is 304 g/mol. The van der Waals surface area contributed by atoms with E-state index in [2.05, 4.69) is 24.1 Å². The van der Waals surface area contributed by atoms with Gasteiger partial charge >= 0.3 is 0 Å². The Morgan fingerprint density at radius 1 is 1.29 bits per heavy atom. The summed E-state index contributed by atoms with van der Waals surface area (Å²) in [6, 6.07) is 9.83. The van der Waals surface area contributed by atoms with Crippen LogP contribution in [0.25, 0.3) is 0 Å². The zero-order valence-electron chi connectivity index (χ0n) is 12.7. The van der Waals surface area contributed by atoms with Gasteiger partial charge in [-0.25, -0.2) is 4.98 Å². The summed E-state index contributed by atoms with van der Waals surface area (Å²) in [6.45, 7) is 7.26. The third-order valence-electron chi connectivity index (χ3n) is 3.31. The predicted molar refractivity (Wildman–Crippen MR) is 87.2 cm³/mol. The number of halogens is 1. The summed E-state index contributed by atoms with van der Waals surface area (Å²) in [7, 11) is 0. The van der Waals surface area contributed by atoms with Gasteiger partial charge < -0.3 is 10.1 Å². The SMILES string of the molecule is CCCNC(C)c1ccnc(Oc2ccc(Cl)cc2C)c1. The lowest BCUT2D eigenvalue weighted by Gasteiger charge is -2.15. The van der Waals surface area contributed by atoms with Crippen molar-refractivity contribution in [3.8, 4) is 11.6 Å². The van der Waals surface area contributed by atoms with Gasteiger partial charge in [-0.15, -0.1) is 0 Å². The molecule has 0 spiro atoms. The van der Waals surface area contributed by atoms with Gasteiger partial charge in [-0.2, -0.15) is 0 Å². The molecule has 0 aliphatic heterocycles. The maximum absolute atomic E-state index is 5.96. The van der Waals surface area contributed by atoms with Crippen molar-refractivity contribution < 1.29 is 4.74 Å². The fourth-order valence-corrected chi connectivity index (χ4v) is 2.30. The summed E-state index contributed by atoms with van der Waals surface area (Å²) in [5.74, 6) is 1.38. The maximum atomic E-state index is 5.96. The predicted octanol–water partition coefficient (Wildman–Crippen LogP) is 4.90. The van der Waals surface area contributed by atoms with E-state index < -0.39 is 0 Å². The minimum absolute atomic E-state index is 0.279. The van der Waals surface area contributed by atoms with E-state index in [1.807, 2.05) is 37.3 Å². The van der Waals surface area contributed by atoms with Crippen molar-refractivity contribution in [3.63, 3.8) is 0 Å². The Kier molecular flexibility index (Phi) is 5.59. The van der Waals surface area contributed by atoms with Crippen molar-refractivity contribution in [1.29, 1.82) is 0 Å². The van der Waals surface area contributed by atoms with E-state index in [-0.39, 0.29) is 6.04 Å². The molecule has 0 fully saturated rings. The highest BCUT2D eigenvalue weighted by molar-refractivity contribution is 6.30. The molecular weight excluding hydrogens is 284 g/mol. The Morgan fingerprint density at radius 3 is 2.81 bits per heavy atom. The molecule has 2 aromatic rings. The molecule has 2 rings (SSSR count). The van der Waals surface area contributed by atoms with E-state index >= 15 is 0 Å². The number of rotatable bonds is 6. The molecule has 3 nitrogen and oxygen atoms in total. The molecule has 0 bridgehead atoms. The zero-order chi connectivity index (χ0) is 15.2. The number of nitrogens with one attached hydrogen (secondary N) is 1. The minimum atomic E-state index is 0.279. The number of nitrogens with zero attached hydrogens (tertiary/aromatic N) is 1. The van der Waals surface area contributed by atoms with Gasteiger partial charge in [0.15, 0.2) is 0 Å². The highest BCUT2D eigenvalue weighted by atomic mass is 35.5. The van der Waals surface area contributed by atoms with E-state index in [4.69, 9.17) is 16.3 Å². The van der Waals surface area contributed by atoms with Crippen LogP contribution in [0.3, 0.4) is 0 Å². The minimum Gasteiger partial charge on any atom is -0.439 e. The van der Waals surface area contributed by atoms with Crippen molar-refractivity contribution >= 4 is 11.6 Å². The number of ether oxygens (including phenoxy) is 1. The normalized spacial score (nSPS) is 12.2. The van der Waals surface area contributed by atoms with Crippen LogP contribution in [0, 0.1) is 6.92 Å². The molecule has 0 saturated heterocycles. The van der Waals surface area contributed by atoms with Crippen LogP contribution < -0.4 is 10.1 Å². The number of benzene rings is 1. The second-order valence-corrected chi connectivity index (χ2v) is 5.55. The van der Waals surface area contributed by atoms with E-state index in [1.54, 1.807) is 6.20 Å². The van der Waals surface area contributed by atoms with E-state index in [9.17, 15) is 0 Å². The van der Waals surface area contributed by atoms with E-state index in [0.717, 1.165) is 24.3 Å². The Balaban J connectivity index is 2.13. The summed E-state index contributed by atoms with van der Waals surface area (Å²) >= 11 is 5.96. The lowest BCUT2D eigenvalue weighted by Crippen LogP contribution is -2.19. The highest BCUT2D eigenvalue weighted by Gasteiger charge is 2.08. The molecule has 0 saturated carbocycles. The summed E-state index contributed by atoms with van der Waals surface area (Å²) < 4.78 is 5.86.